The summed E-state index contributed by atoms with van der Waals surface area (Å²) in [7, 11) is 0. The average molecular weight is 281 g/mol. The van der Waals surface area contributed by atoms with Gasteiger partial charge in [-0.05, 0) is 24.3 Å². The summed E-state index contributed by atoms with van der Waals surface area (Å²) >= 11 is 0. The predicted octanol–water partition coefficient (Wildman–Crippen LogP) is 2.36. The third-order valence-electron chi connectivity index (χ3n) is 2.79. The zero-order valence-electron chi connectivity index (χ0n) is 11.4. The molecule has 2 heterocycles. The molecule has 0 bridgehead atoms. The van der Waals surface area contributed by atoms with E-state index in [4.69, 9.17) is 4.74 Å². The van der Waals surface area contributed by atoms with Crippen molar-refractivity contribution in [1.82, 2.24) is 20.2 Å². The Morgan fingerprint density at radius 1 is 1.05 bits per heavy atom. The maximum Gasteiger partial charge on any atom is 0.242 e. The van der Waals surface area contributed by atoms with Crippen LogP contribution in [-0.4, -0.2) is 33.3 Å². The third-order valence-corrected chi connectivity index (χ3v) is 2.79. The summed E-state index contributed by atoms with van der Waals surface area (Å²) in [5, 5.41) is 10.0. The number of H-pyrrole nitrogens is 1. The van der Waals surface area contributed by atoms with Gasteiger partial charge < -0.3 is 10.1 Å². The molecule has 2 aromatic heterocycles. The molecule has 0 saturated heterocycles. The Morgan fingerprint density at radius 3 is 2.71 bits per heavy atom. The molecule has 106 valence electrons. The van der Waals surface area contributed by atoms with E-state index in [1.165, 1.54) is 0 Å². The number of aromatic nitrogens is 4. The molecule has 0 fully saturated rings. The van der Waals surface area contributed by atoms with E-state index in [-0.39, 0.29) is 0 Å². The number of nitrogens with zero attached hydrogens (tertiary/aromatic N) is 3. The second kappa shape index (κ2) is 6.51. The fraction of sp³-hybridized carbons (Fsp3) is 0.133. The molecule has 0 saturated carbocycles. The second-order valence-corrected chi connectivity index (χ2v) is 4.31. The largest absolute Gasteiger partial charge is 0.492 e. The van der Waals surface area contributed by atoms with Gasteiger partial charge in [0.05, 0.1) is 6.54 Å². The average Bonchev–Trinajstić information content (AvgIpc) is 3.02. The lowest BCUT2D eigenvalue weighted by atomic mass is 10.3. The van der Waals surface area contributed by atoms with Crippen molar-refractivity contribution in [2.45, 2.75) is 0 Å². The number of aromatic amines is 1. The van der Waals surface area contributed by atoms with Gasteiger partial charge in [0.25, 0.3) is 0 Å². The summed E-state index contributed by atoms with van der Waals surface area (Å²) in [6, 6.07) is 15.3. The van der Waals surface area contributed by atoms with Crippen LogP contribution in [0.3, 0.4) is 0 Å². The zero-order valence-corrected chi connectivity index (χ0v) is 11.4. The summed E-state index contributed by atoms with van der Waals surface area (Å²) in [4.78, 5) is 8.54. The molecule has 3 rings (SSSR count). The van der Waals surface area contributed by atoms with Gasteiger partial charge >= 0.3 is 0 Å². The minimum absolute atomic E-state index is 0.535. The highest BCUT2D eigenvalue weighted by Gasteiger charge is 2.05. The quantitative estimate of drug-likeness (QED) is 0.678. The highest BCUT2D eigenvalue weighted by Crippen LogP contribution is 2.12. The van der Waals surface area contributed by atoms with E-state index >= 15 is 0 Å². The highest BCUT2D eigenvalue weighted by molar-refractivity contribution is 5.50. The van der Waals surface area contributed by atoms with Crippen LogP contribution in [0.4, 0.5) is 5.95 Å². The van der Waals surface area contributed by atoms with Crippen molar-refractivity contribution in [2.75, 3.05) is 18.5 Å². The molecule has 0 amide bonds. The normalized spacial score (nSPS) is 10.3. The van der Waals surface area contributed by atoms with Gasteiger partial charge in [-0.2, -0.15) is 4.98 Å². The molecule has 0 aliphatic rings. The lowest BCUT2D eigenvalue weighted by molar-refractivity contribution is 0.332. The van der Waals surface area contributed by atoms with E-state index in [1.54, 1.807) is 6.20 Å². The van der Waals surface area contributed by atoms with Gasteiger partial charge in [0.15, 0.2) is 5.82 Å². The van der Waals surface area contributed by atoms with Gasteiger partial charge in [-0.15, -0.1) is 5.10 Å². The van der Waals surface area contributed by atoms with Crippen molar-refractivity contribution in [3.63, 3.8) is 0 Å². The van der Waals surface area contributed by atoms with Gasteiger partial charge in [0.1, 0.15) is 18.1 Å². The fourth-order valence-electron chi connectivity index (χ4n) is 1.81. The number of para-hydroxylation sites is 1. The number of nitrogens with one attached hydrogen (secondary N) is 2. The van der Waals surface area contributed by atoms with Crippen molar-refractivity contribution in [2.24, 2.45) is 0 Å². The first-order valence-corrected chi connectivity index (χ1v) is 6.67. The van der Waals surface area contributed by atoms with Gasteiger partial charge in [-0.3, -0.25) is 10.1 Å². The molecule has 0 atom stereocenters. The predicted molar refractivity (Wildman–Crippen MR) is 80.0 cm³/mol. The molecule has 3 aromatic rings. The molecule has 2 N–H and O–H groups in total. The second-order valence-electron chi connectivity index (χ2n) is 4.31. The third kappa shape index (κ3) is 3.56. The van der Waals surface area contributed by atoms with E-state index in [0.717, 1.165) is 11.4 Å². The van der Waals surface area contributed by atoms with Crippen molar-refractivity contribution in [3.05, 3.63) is 54.7 Å². The molecular weight excluding hydrogens is 266 g/mol. The Hall–Kier alpha value is -2.89. The van der Waals surface area contributed by atoms with Crippen LogP contribution in [0.25, 0.3) is 11.5 Å². The SMILES string of the molecule is c1ccc(OCCNc2n[nH]c(-c3ccccn3)n2)cc1. The van der Waals surface area contributed by atoms with Crippen LogP contribution in [0.5, 0.6) is 5.75 Å². The molecular formula is C15H15N5O. The summed E-state index contributed by atoms with van der Waals surface area (Å²) in [5.41, 5.74) is 0.763. The number of benzene rings is 1. The fourth-order valence-corrected chi connectivity index (χ4v) is 1.81. The monoisotopic (exact) mass is 281 g/mol. The number of ether oxygens (including phenoxy) is 1. The summed E-state index contributed by atoms with van der Waals surface area (Å²) in [6.07, 6.45) is 1.72. The number of pyridine rings is 1. The topological polar surface area (TPSA) is 75.7 Å². The van der Waals surface area contributed by atoms with E-state index in [2.05, 4.69) is 25.5 Å². The first-order valence-electron chi connectivity index (χ1n) is 6.67. The Labute approximate surface area is 122 Å². The van der Waals surface area contributed by atoms with E-state index < -0.39 is 0 Å². The van der Waals surface area contributed by atoms with Crippen LogP contribution in [0.2, 0.25) is 0 Å². The number of rotatable bonds is 6. The number of anilines is 1. The molecule has 0 aliphatic heterocycles. The van der Waals surface area contributed by atoms with Crippen LogP contribution in [0.15, 0.2) is 54.7 Å². The van der Waals surface area contributed by atoms with Gasteiger partial charge in [-0.25, -0.2) is 0 Å². The Bertz CT molecular complexity index is 669. The molecule has 0 radical (unpaired) electrons. The maximum atomic E-state index is 5.58. The van der Waals surface area contributed by atoms with Crippen LogP contribution in [-0.2, 0) is 0 Å². The first kappa shape index (κ1) is 13.1. The van der Waals surface area contributed by atoms with Crippen molar-refractivity contribution in [1.29, 1.82) is 0 Å². The Balaban J connectivity index is 1.49. The van der Waals surface area contributed by atoms with Crippen molar-refractivity contribution >= 4 is 5.95 Å². The maximum absolute atomic E-state index is 5.58. The molecule has 6 heteroatoms. The lowest BCUT2D eigenvalue weighted by Crippen LogP contribution is -2.12. The minimum Gasteiger partial charge on any atom is -0.492 e. The van der Waals surface area contributed by atoms with Crippen LogP contribution < -0.4 is 10.1 Å². The lowest BCUT2D eigenvalue weighted by Gasteiger charge is -2.05. The zero-order chi connectivity index (χ0) is 14.3. The molecule has 1 aromatic carbocycles. The number of hydrogen-bond acceptors (Lipinski definition) is 5. The van der Waals surface area contributed by atoms with Gasteiger partial charge in [0.2, 0.25) is 5.95 Å². The molecule has 0 unspecified atom stereocenters. The number of hydrogen-bond donors (Lipinski definition) is 2. The Morgan fingerprint density at radius 2 is 1.90 bits per heavy atom. The summed E-state index contributed by atoms with van der Waals surface area (Å²) < 4.78 is 5.58. The van der Waals surface area contributed by atoms with Crippen LogP contribution in [0.1, 0.15) is 0 Å². The van der Waals surface area contributed by atoms with Crippen molar-refractivity contribution in [3.8, 4) is 17.3 Å². The first-order chi connectivity index (χ1) is 10.4. The smallest absolute Gasteiger partial charge is 0.242 e. The van der Waals surface area contributed by atoms with E-state index in [0.29, 0.717) is 24.9 Å². The van der Waals surface area contributed by atoms with Gasteiger partial charge in [-0.1, -0.05) is 24.3 Å². The molecule has 0 spiro atoms. The standard InChI is InChI=1S/C15H15N5O/c1-2-6-12(7-3-1)21-11-10-17-15-18-14(19-20-15)13-8-4-5-9-16-13/h1-9H,10-11H2,(H2,17,18,19,20). The Kier molecular flexibility index (Phi) is 4.07. The summed E-state index contributed by atoms with van der Waals surface area (Å²) in [6.45, 7) is 1.16. The molecule has 6 nitrogen and oxygen atoms in total. The van der Waals surface area contributed by atoms with Crippen LogP contribution >= 0.6 is 0 Å². The van der Waals surface area contributed by atoms with Crippen molar-refractivity contribution < 1.29 is 4.74 Å². The minimum atomic E-state index is 0.535. The summed E-state index contributed by atoms with van der Waals surface area (Å²) in [5.74, 6) is 2.03. The van der Waals surface area contributed by atoms with Gasteiger partial charge in [0, 0.05) is 6.20 Å². The van der Waals surface area contributed by atoms with Crippen LogP contribution in [0, 0.1) is 0 Å². The highest BCUT2D eigenvalue weighted by atomic mass is 16.5. The van der Waals surface area contributed by atoms with E-state index in [9.17, 15) is 0 Å². The van der Waals surface area contributed by atoms with E-state index in [1.807, 2.05) is 48.5 Å². The molecule has 21 heavy (non-hydrogen) atoms. The molecule has 0 aliphatic carbocycles.